The van der Waals surface area contributed by atoms with E-state index < -0.39 is 12.6 Å². The molecule has 0 amide bonds. The van der Waals surface area contributed by atoms with Gasteiger partial charge in [-0.1, -0.05) is 0 Å². The van der Waals surface area contributed by atoms with Crippen LogP contribution < -0.4 is 5.32 Å². The van der Waals surface area contributed by atoms with Gasteiger partial charge in [-0.3, -0.25) is 0 Å². The van der Waals surface area contributed by atoms with Crippen LogP contribution in [-0.4, -0.2) is 32.0 Å². The summed E-state index contributed by atoms with van der Waals surface area (Å²) < 4.78 is 40.3. The molecule has 0 aromatic rings. The molecule has 0 aromatic heterocycles. The molecule has 0 spiro atoms. The number of alkyl halides is 3. The van der Waals surface area contributed by atoms with Gasteiger partial charge in [-0.2, -0.15) is 13.2 Å². The summed E-state index contributed by atoms with van der Waals surface area (Å²) in [6.07, 6.45) is -2.96. The van der Waals surface area contributed by atoms with E-state index in [1.165, 1.54) is 0 Å². The fourth-order valence-corrected chi connectivity index (χ4v) is 1.32. The molecule has 2 nitrogen and oxygen atoms in total. The third-order valence-corrected chi connectivity index (χ3v) is 2.00. The fourth-order valence-electron chi connectivity index (χ4n) is 1.32. The zero-order valence-corrected chi connectivity index (χ0v) is 7.36. The van der Waals surface area contributed by atoms with Crippen LogP contribution in [-0.2, 0) is 4.74 Å². The van der Waals surface area contributed by atoms with Gasteiger partial charge in [-0.15, -0.1) is 0 Å². The van der Waals surface area contributed by atoms with Crippen LogP contribution in [0.3, 0.4) is 0 Å². The average Bonchev–Trinajstić information content (AvgIpc) is 2.04. The minimum absolute atomic E-state index is 0.00245. The van der Waals surface area contributed by atoms with Gasteiger partial charge in [0.2, 0.25) is 0 Å². The molecule has 0 aliphatic carbocycles. The van der Waals surface area contributed by atoms with E-state index in [-0.39, 0.29) is 12.6 Å². The summed E-state index contributed by atoms with van der Waals surface area (Å²) in [6, 6.07) is 0.107. The number of ether oxygens (including phenoxy) is 1. The third kappa shape index (κ3) is 5.10. The molecule has 0 radical (unpaired) electrons. The van der Waals surface area contributed by atoms with Gasteiger partial charge in [-0.05, 0) is 12.8 Å². The van der Waals surface area contributed by atoms with Gasteiger partial charge in [0.05, 0.1) is 13.0 Å². The van der Waals surface area contributed by atoms with Crippen LogP contribution in [0.1, 0.15) is 19.3 Å². The molecular weight excluding hydrogens is 183 g/mol. The van der Waals surface area contributed by atoms with Gasteiger partial charge < -0.3 is 10.1 Å². The van der Waals surface area contributed by atoms with Crippen LogP contribution in [0.4, 0.5) is 13.2 Å². The monoisotopic (exact) mass is 197 g/mol. The van der Waals surface area contributed by atoms with Crippen molar-refractivity contribution in [3.05, 3.63) is 0 Å². The van der Waals surface area contributed by atoms with Crippen LogP contribution in [0.25, 0.3) is 0 Å². The van der Waals surface area contributed by atoms with Gasteiger partial charge in [0.1, 0.15) is 0 Å². The van der Waals surface area contributed by atoms with Crippen molar-refractivity contribution in [2.45, 2.75) is 31.5 Å². The van der Waals surface area contributed by atoms with E-state index in [1.807, 2.05) is 0 Å². The quantitative estimate of drug-likeness (QED) is 0.743. The van der Waals surface area contributed by atoms with Crippen molar-refractivity contribution in [2.24, 2.45) is 0 Å². The lowest BCUT2D eigenvalue weighted by molar-refractivity contribution is -0.134. The molecule has 1 heterocycles. The second-order valence-corrected chi connectivity index (χ2v) is 3.23. The first-order chi connectivity index (χ1) is 6.08. The van der Waals surface area contributed by atoms with E-state index in [4.69, 9.17) is 4.74 Å². The van der Waals surface area contributed by atoms with E-state index in [9.17, 15) is 13.2 Å². The SMILES string of the molecule is FC(F)(F)CCNC1CCCOC1. The highest BCUT2D eigenvalue weighted by Crippen LogP contribution is 2.18. The predicted molar refractivity (Wildman–Crippen MR) is 42.5 cm³/mol. The number of nitrogens with one attached hydrogen (secondary N) is 1. The number of hydrogen-bond donors (Lipinski definition) is 1. The van der Waals surface area contributed by atoms with Crippen molar-refractivity contribution in [1.82, 2.24) is 5.32 Å². The Morgan fingerprint density at radius 1 is 1.38 bits per heavy atom. The fraction of sp³-hybridized carbons (Fsp3) is 1.00. The van der Waals surface area contributed by atoms with Gasteiger partial charge in [0.25, 0.3) is 0 Å². The second-order valence-electron chi connectivity index (χ2n) is 3.23. The van der Waals surface area contributed by atoms with E-state index >= 15 is 0 Å². The Hall–Kier alpha value is -0.290. The molecule has 1 atom stereocenters. The van der Waals surface area contributed by atoms with Crippen molar-refractivity contribution in [3.8, 4) is 0 Å². The molecule has 1 aliphatic rings. The maximum Gasteiger partial charge on any atom is 0.390 e. The molecule has 1 saturated heterocycles. The summed E-state index contributed by atoms with van der Waals surface area (Å²) in [4.78, 5) is 0. The lowest BCUT2D eigenvalue weighted by atomic mass is 10.1. The van der Waals surface area contributed by atoms with Crippen molar-refractivity contribution in [3.63, 3.8) is 0 Å². The molecule has 1 rings (SSSR count). The molecule has 1 fully saturated rings. The highest BCUT2D eigenvalue weighted by molar-refractivity contribution is 4.70. The van der Waals surface area contributed by atoms with Crippen LogP contribution >= 0.6 is 0 Å². The molecular formula is C8H14F3NO. The predicted octanol–water partition coefficient (Wildman–Crippen LogP) is 1.71. The number of rotatable bonds is 3. The molecule has 1 N–H and O–H groups in total. The zero-order chi connectivity index (χ0) is 9.73. The highest BCUT2D eigenvalue weighted by atomic mass is 19.4. The Balaban J connectivity index is 2.04. The lowest BCUT2D eigenvalue weighted by Crippen LogP contribution is -2.38. The lowest BCUT2D eigenvalue weighted by Gasteiger charge is -2.23. The maximum absolute atomic E-state index is 11.7. The van der Waals surface area contributed by atoms with Crippen LogP contribution in [0, 0.1) is 0 Å². The summed E-state index contributed by atoms with van der Waals surface area (Å²) in [7, 11) is 0. The van der Waals surface area contributed by atoms with Gasteiger partial charge in [-0.25, -0.2) is 0 Å². The van der Waals surface area contributed by atoms with Crippen LogP contribution in [0.5, 0.6) is 0 Å². The molecule has 78 valence electrons. The molecule has 0 bridgehead atoms. The van der Waals surface area contributed by atoms with Crippen LogP contribution in [0.15, 0.2) is 0 Å². The minimum atomic E-state index is -4.05. The topological polar surface area (TPSA) is 21.3 Å². The highest BCUT2D eigenvalue weighted by Gasteiger charge is 2.26. The zero-order valence-electron chi connectivity index (χ0n) is 7.36. The standard InChI is InChI=1S/C8H14F3NO/c9-8(10,11)3-4-12-7-2-1-5-13-6-7/h7,12H,1-6H2. The van der Waals surface area contributed by atoms with Gasteiger partial charge in [0, 0.05) is 19.2 Å². The Kier molecular flexibility index (Phi) is 3.99. The average molecular weight is 197 g/mol. The normalized spacial score (nSPS) is 24.7. The number of hydrogen-bond acceptors (Lipinski definition) is 2. The molecule has 1 aliphatic heterocycles. The summed E-state index contributed by atoms with van der Waals surface area (Å²) in [6.45, 7) is 1.27. The molecule has 0 saturated carbocycles. The summed E-state index contributed by atoms with van der Waals surface area (Å²) >= 11 is 0. The smallest absolute Gasteiger partial charge is 0.380 e. The molecule has 13 heavy (non-hydrogen) atoms. The van der Waals surface area contributed by atoms with Crippen molar-refractivity contribution in [1.29, 1.82) is 0 Å². The minimum Gasteiger partial charge on any atom is -0.380 e. The van der Waals surface area contributed by atoms with E-state index in [0.29, 0.717) is 6.61 Å². The van der Waals surface area contributed by atoms with Crippen LogP contribution in [0.2, 0.25) is 0 Å². The van der Waals surface area contributed by atoms with Gasteiger partial charge >= 0.3 is 6.18 Å². The Morgan fingerprint density at radius 3 is 2.69 bits per heavy atom. The molecule has 5 heteroatoms. The second kappa shape index (κ2) is 4.81. The third-order valence-electron chi connectivity index (χ3n) is 2.00. The summed E-state index contributed by atoms with van der Waals surface area (Å²) in [5, 5.41) is 2.83. The van der Waals surface area contributed by atoms with E-state index in [1.54, 1.807) is 0 Å². The van der Waals surface area contributed by atoms with Crippen molar-refractivity contribution >= 4 is 0 Å². The first-order valence-electron chi connectivity index (χ1n) is 4.46. The first-order valence-corrected chi connectivity index (χ1v) is 4.46. The molecule has 1 unspecified atom stereocenters. The summed E-state index contributed by atoms with van der Waals surface area (Å²) in [5.74, 6) is 0. The largest absolute Gasteiger partial charge is 0.390 e. The first kappa shape index (κ1) is 10.8. The maximum atomic E-state index is 11.7. The molecule has 0 aromatic carbocycles. The van der Waals surface area contributed by atoms with Gasteiger partial charge in [0.15, 0.2) is 0 Å². The summed E-state index contributed by atoms with van der Waals surface area (Å²) in [5.41, 5.74) is 0. The Bertz CT molecular complexity index is 143. The van der Waals surface area contributed by atoms with E-state index in [0.717, 1.165) is 19.4 Å². The van der Waals surface area contributed by atoms with Crippen molar-refractivity contribution < 1.29 is 17.9 Å². The van der Waals surface area contributed by atoms with Crippen molar-refractivity contribution in [2.75, 3.05) is 19.8 Å². The Labute approximate surface area is 75.4 Å². The Morgan fingerprint density at radius 2 is 2.15 bits per heavy atom. The van der Waals surface area contributed by atoms with E-state index in [2.05, 4.69) is 5.32 Å². The number of halogens is 3.